The molecule has 1 saturated heterocycles. The van der Waals surface area contributed by atoms with Gasteiger partial charge < -0.3 is 4.90 Å². The van der Waals surface area contributed by atoms with Gasteiger partial charge in [0.1, 0.15) is 5.82 Å². The van der Waals surface area contributed by atoms with Crippen LogP contribution in [0.2, 0.25) is 0 Å². The second kappa shape index (κ2) is 9.28. The average Bonchev–Trinajstić information content (AvgIpc) is 3.45. The molecule has 0 saturated carbocycles. The third kappa shape index (κ3) is 4.86. The molecule has 6 heteroatoms. The summed E-state index contributed by atoms with van der Waals surface area (Å²) in [5.41, 5.74) is 3.15. The molecular formula is C25H30N4OS. The third-order valence-electron chi connectivity index (χ3n) is 6.05. The van der Waals surface area contributed by atoms with E-state index in [-0.39, 0.29) is 5.91 Å². The van der Waals surface area contributed by atoms with E-state index in [2.05, 4.69) is 63.6 Å². The zero-order valence-electron chi connectivity index (χ0n) is 18.5. The molecule has 1 aliphatic rings. The normalized spacial score (nSPS) is 18.9. The minimum Gasteiger partial charge on any atom is -0.348 e. The molecule has 5 nitrogen and oxygen atoms in total. The van der Waals surface area contributed by atoms with Gasteiger partial charge in [0, 0.05) is 56.4 Å². The van der Waals surface area contributed by atoms with E-state index >= 15 is 0 Å². The molecule has 2 aromatic heterocycles. The van der Waals surface area contributed by atoms with Gasteiger partial charge in [0.25, 0.3) is 0 Å². The van der Waals surface area contributed by atoms with Crippen LogP contribution in [0.3, 0.4) is 0 Å². The molecule has 0 unspecified atom stereocenters. The Balaban J connectivity index is 1.54. The van der Waals surface area contributed by atoms with Crippen molar-refractivity contribution < 1.29 is 4.79 Å². The lowest BCUT2D eigenvalue weighted by atomic mass is 9.79. The number of aryl methyl sites for hydroxylation is 1. The second-order valence-corrected chi connectivity index (χ2v) is 9.60. The number of amides is 1. The zero-order chi connectivity index (χ0) is 21.8. The number of likely N-dealkylation sites (tertiary alicyclic amines) is 1. The summed E-state index contributed by atoms with van der Waals surface area (Å²) in [6.45, 7) is 4.49. The Morgan fingerprint density at radius 3 is 2.65 bits per heavy atom. The topological polar surface area (TPSA) is 49.3 Å². The first-order valence-corrected chi connectivity index (χ1v) is 11.7. The minimum atomic E-state index is -0.401. The highest BCUT2D eigenvalue weighted by molar-refractivity contribution is 7.13. The molecule has 31 heavy (non-hydrogen) atoms. The van der Waals surface area contributed by atoms with Gasteiger partial charge in [-0.05, 0) is 42.0 Å². The number of carbonyl (C=O) groups is 1. The van der Waals surface area contributed by atoms with Crippen LogP contribution >= 0.6 is 11.3 Å². The Bertz CT molecular complexity index is 1020. The Hall–Kier alpha value is -2.57. The average molecular weight is 435 g/mol. The van der Waals surface area contributed by atoms with Gasteiger partial charge in [0.15, 0.2) is 0 Å². The highest BCUT2D eigenvalue weighted by Gasteiger charge is 2.45. The summed E-state index contributed by atoms with van der Waals surface area (Å²) in [6, 6.07) is 12.9. The summed E-state index contributed by atoms with van der Waals surface area (Å²) in [4.78, 5) is 27.6. The van der Waals surface area contributed by atoms with Crippen LogP contribution in [0.4, 0.5) is 0 Å². The highest BCUT2D eigenvalue weighted by Crippen LogP contribution is 2.37. The fourth-order valence-electron chi connectivity index (χ4n) is 4.53. The molecule has 1 atom stereocenters. The van der Waals surface area contributed by atoms with Crippen LogP contribution in [0.25, 0.3) is 10.4 Å². The van der Waals surface area contributed by atoms with Gasteiger partial charge in [-0.3, -0.25) is 9.69 Å². The maximum Gasteiger partial charge on any atom is 0.229 e. The molecule has 1 amide bonds. The molecule has 3 aromatic rings. The Labute approximate surface area is 188 Å². The summed E-state index contributed by atoms with van der Waals surface area (Å²) in [7, 11) is 3.73. The van der Waals surface area contributed by atoms with E-state index in [1.807, 2.05) is 26.5 Å². The van der Waals surface area contributed by atoms with Gasteiger partial charge in [-0.25, -0.2) is 9.97 Å². The van der Waals surface area contributed by atoms with Gasteiger partial charge in [-0.15, -0.1) is 11.3 Å². The molecule has 0 spiro atoms. The number of hydrogen-bond donors (Lipinski definition) is 0. The van der Waals surface area contributed by atoms with Gasteiger partial charge >= 0.3 is 0 Å². The van der Waals surface area contributed by atoms with Crippen LogP contribution in [0.5, 0.6) is 0 Å². The van der Waals surface area contributed by atoms with Crippen LogP contribution in [0, 0.1) is 5.41 Å². The quantitative estimate of drug-likeness (QED) is 0.557. The fourth-order valence-corrected chi connectivity index (χ4v) is 5.26. The standard InChI is InChI=1S/C25H30N4OS/c1-4-23-26-15-20(16-27-23)17-29-11-10-25(18-29,24(30)28(2)3)14-19-7-5-8-21(13-19)22-9-6-12-31-22/h5-9,12-13,15-16H,4,10-11,14,17-18H2,1-3H3/t25-/m1/s1. The Morgan fingerprint density at radius 2 is 1.97 bits per heavy atom. The van der Waals surface area contributed by atoms with Crippen molar-refractivity contribution in [2.45, 2.75) is 32.7 Å². The Kier molecular flexibility index (Phi) is 6.49. The van der Waals surface area contributed by atoms with Gasteiger partial charge in [-0.2, -0.15) is 0 Å². The second-order valence-electron chi connectivity index (χ2n) is 8.66. The number of nitrogens with zero attached hydrogens (tertiary/aromatic N) is 4. The summed E-state index contributed by atoms with van der Waals surface area (Å²) in [5.74, 6) is 1.09. The zero-order valence-corrected chi connectivity index (χ0v) is 19.4. The first-order chi connectivity index (χ1) is 15.0. The smallest absolute Gasteiger partial charge is 0.229 e. The lowest BCUT2D eigenvalue weighted by Crippen LogP contribution is -2.43. The van der Waals surface area contributed by atoms with Crippen LogP contribution in [0.15, 0.2) is 54.2 Å². The van der Waals surface area contributed by atoms with Gasteiger partial charge in [0.2, 0.25) is 5.91 Å². The number of rotatable bonds is 7. The van der Waals surface area contributed by atoms with E-state index in [4.69, 9.17) is 0 Å². The molecule has 0 N–H and O–H groups in total. The molecule has 1 aromatic carbocycles. The predicted octanol–water partition coefficient (Wildman–Crippen LogP) is 4.29. The molecule has 1 aliphatic heterocycles. The van der Waals surface area contributed by atoms with Crippen molar-refractivity contribution in [1.29, 1.82) is 0 Å². The van der Waals surface area contributed by atoms with Crippen LogP contribution in [0.1, 0.15) is 30.3 Å². The number of aromatic nitrogens is 2. The van der Waals surface area contributed by atoms with Crippen molar-refractivity contribution in [2.75, 3.05) is 27.2 Å². The fraction of sp³-hybridized carbons (Fsp3) is 0.400. The minimum absolute atomic E-state index is 0.217. The molecule has 1 fully saturated rings. The van der Waals surface area contributed by atoms with Crippen molar-refractivity contribution in [2.24, 2.45) is 5.41 Å². The largest absolute Gasteiger partial charge is 0.348 e. The van der Waals surface area contributed by atoms with Crippen molar-refractivity contribution >= 4 is 17.2 Å². The van der Waals surface area contributed by atoms with E-state index in [1.165, 1.54) is 16.0 Å². The molecular weight excluding hydrogens is 404 g/mol. The number of hydrogen-bond acceptors (Lipinski definition) is 5. The monoisotopic (exact) mass is 434 g/mol. The highest BCUT2D eigenvalue weighted by atomic mass is 32.1. The lowest BCUT2D eigenvalue weighted by molar-refractivity contribution is -0.138. The molecule has 4 rings (SSSR count). The molecule has 0 radical (unpaired) electrons. The van der Waals surface area contributed by atoms with Gasteiger partial charge in [-0.1, -0.05) is 37.3 Å². The predicted molar refractivity (Wildman–Crippen MR) is 126 cm³/mol. The van der Waals surface area contributed by atoms with Crippen LogP contribution < -0.4 is 0 Å². The van der Waals surface area contributed by atoms with Crippen molar-refractivity contribution in [3.05, 3.63) is 71.1 Å². The van der Waals surface area contributed by atoms with E-state index in [0.29, 0.717) is 0 Å². The van der Waals surface area contributed by atoms with Gasteiger partial charge in [0.05, 0.1) is 5.41 Å². The van der Waals surface area contributed by atoms with Crippen LogP contribution in [-0.4, -0.2) is 52.9 Å². The third-order valence-corrected chi connectivity index (χ3v) is 6.97. The summed E-state index contributed by atoms with van der Waals surface area (Å²) < 4.78 is 0. The maximum absolute atomic E-state index is 13.3. The van der Waals surface area contributed by atoms with E-state index in [0.717, 1.165) is 50.3 Å². The first kappa shape index (κ1) is 21.7. The number of thiophene rings is 1. The van der Waals surface area contributed by atoms with Crippen molar-refractivity contribution in [3.8, 4) is 10.4 Å². The summed E-state index contributed by atoms with van der Waals surface area (Å²) >= 11 is 1.75. The molecule has 0 bridgehead atoms. The lowest BCUT2D eigenvalue weighted by Gasteiger charge is -2.31. The molecule has 3 heterocycles. The van der Waals surface area contributed by atoms with Crippen LogP contribution in [-0.2, 0) is 24.2 Å². The SMILES string of the molecule is CCc1ncc(CN2CC[C@](Cc3cccc(-c4cccs4)c3)(C(=O)N(C)C)C2)cn1. The number of benzene rings is 1. The Morgan fingerprint density at radius 1 is 1.16 bits per heavy atom. The van der Waals surface area contributed by atoms with Crippen molar-refractivity contribution in [1.82, 2.24) is 19.8 Å². The van der Waals surface area contributed by atoms with Crippen molar-refractivity contribution in [3.63, 3.8) is 0 Å². The number of carbonyl (C=O) groups excluding carboxylic acids is 1. The summed E-state index contributed by atoms with van der Waals surface area (Å²) in [5, 5.41) is 2.10. The maximum atomic E-state index is 13.3. The van der Waals surface area contributed by atoms with E-state index < -0.39 is 5.41 Å². The molecule has 0 aliphatic carbocycles. The van der Waals surface area contributed by atoms with E-state index in [1.54, 1.807) is 16.2 Å². The van der Waals surface area contributed by atoms with E-state index in [9.17, 15) is 4.79 Å². The molecule has 162 valence electrons. The summed E-state index contributed by atoms with van der Waals surface area (Å²) in [6.07, 6.45) is 6.30. The first-order valence-electron chi connectivity index (χ1n) is 10.9.